The molecular formula is C14H15N7O2. The van der Waals surface area contributed by atoms with Crippen molar-refractivity contribution in [2.75, 3.05) is 24.7 Å². The molecule has 1 amide bonds. The van der Waals surface area contributed by atoms with Crippen LogP contribution < -0.4 is 21.5 Å². The quantitative estimate of drug-likeness (QED) is 0.559. The van der Waals surface area contributed by atoms with E-state index in [-0.39, 0.29) is 11.5 Å². The fourth-order valence-corrected chi connectivity index (χ4v) is 2.16. The predicted molar refractivity (Wildman–Crippen MR) is 86.3 cm³/mol. The van der Waals surface area contributed by atoms with E-state index in [1.807, 2.05) is 0 Å². The van der Waals surface area contributed by atoms with Gasteiger partial charge >= 0.3 is 0 Å². The van der Waals surface area contributed by atoms with E-state index < -0.39 is 0 Å². The maximum Gasteiger partial charge on any atom is 0.271 e. The first-order valence-corrected chi connectivity index (χ1v) is 6.87. The maximum absolute atomic E-state index is 11.9. The largest absolute Gasteiger partial charge is 0.373 e. The van der Waals surface area contributed by atoms with Gasteiger partial charge in [-0.2, -0.15) is 9.61 Å². The van der Waals surface area contributed by atoms with E-state index in [1.54, 1.807) is 31.4 Å². The molecule has 0 aliphatic carbocycles. The molecular weight excluding hydrogens is 298 g/mol. The number of rotatable bonds is 4. The summed E-state index contributed by atoms with van der Waals surface area (Å²) in [5.74, 6) is 0.758. The molecule has 0 spiro atoms. The van der Waals surface area contributed by atoms with Crippen molar-refractivity contribution < 1.29 is 4.79 Å². The minimum absolute atomic E-state index is 0.264. The van der Waals surface area contributed by atoms with Crippen molar-refractivity contribution in [3.63, 3.8) is 0 Å². The zero-order chi connectivity index (χ0) is 16.4. The van der Waals surface area contributed by atoms with E-state index in [0.29, 0.717) is 28.5 Å². The second-order valence-corrected chi connectivity index (χ2v) is 4.69. The first kappa shape index (κ1) is 14.6. The molecule has 3 heterocycles. The zero-order valence-corrected chi connectivity index (χ0v) is 12.5. The lowest BCUT2D eigenvalue weighted by Gasteiger charge is -2.09. The monoisotopic (exact) mass is 313 g/mol. The minimum Gasteiger partial charge on any atom is -0.373 e. The highest BCUT2D eigenvalue weighted by Gasteiger charge is 2.16. The third-order valence-electron chi connectivity index (χ3n) is 3.28. The molecule has 3 aromatic heterocycles. The van der Waals surface area contributed by atoms with Gasteiger partial charge in [-0.15, -0.1) is 0 Å². The second-order valence-electron chi connectivity index (χ2n) is 4.69. The number of anilines is 3. The third-order valence-corrected chi connectivity index (χ3v) is 3.28. The summed E-state index contributed by atoms with van der Waals surface area (Å²) >= 11 is 0. The highest BCUT2D eigenvalue weighted by molar-refractivity contribution is 5.99. The zero-order valence-electron chi connectivity index (χ0n) is 12.5. The molecule has 3 rings (SSSR count). The lowest BCUT2D eigenvalue weighted by Crippen LogP contribution is -2.18. The molecule has 0 bridgehead atoms. The molecule has 118 valence electrons. The van der Waals surface area contributed by atoms with Crippen molar-refractivity contribution >= 4 is 28.9 Å². The first-order chi connectivity index (χ1) is 11.1. The van der Waals surface area contributed by atoms with E-state index in [0.717, 1.165) is 0 Å². The average Bonchev–Trinajstić information content (AvgIpc) is 2.99. The highest BCUT2D eigenvalue weighted by Crippen LogP contribution is 2.20. The van der Waals surface area contributed by atoms with E-state index in [1.165, 1.54) is 17.8 Å². The van der Waals surface area contributed by atoms with Crippen molar-refractivity contribution in [2.45, 2.75) is 0 Å². The fourth-order valence-electron chi connectivity index (χ4n) is 2.16. The number of amides is 1. The van der Waals surface area contributed by atoms with Crippen molar-refractivity contribution in [1.82, 2.24) is 24.9 Å². The molecule has 0 aromatic carbocycles. The van der Waals surface area contributed by atoms with E-state index in [2.05, 4.69) is 31.0 Å². The number of aromatic nitrogens is 4. The third kappa shape index (κ3) is 2.59. The normalized spacial score (nSPS) is 10.5. The number of hydrogen-bond acceptors (Lipinski definition) is 6. The van der Waals surface area contributed by atoms with Crippen LogP contribution in [0.5, 0.6) is 0 Å². The summed E-state index contributed by atoms with van der Waals surface area (Å²) in [5, 5.41) is 12.6. The van der Waals surface area contributed by atoms with Crippen molar-refractivity contribution in [3.05, 3.63) is 46.5 Å². The number of aromatic amines is 1. The van der Waals surface area contributed by atoms with Crippen LogP contribution >= 0.6 is 0 Å². The molecule has 0 aliphatic rings. The van der Waals surface area contributed by atoms with Gasteiger partial charge in [0.05, 0.1) is 6.20 Å². The molecule has 0 fully saturated rings. The van der Waals surface area contributed by atoms with Gasteiger partial charge in [0, 0.05) is 26.4 Å². The Labute approximate surface area is 130 Å². The van der Waals surface area contributed by atoms with Gasteiger partial charge in [0.15, 0.2) is 5.65 Å². The van der Waals surface area contributed by atoms with Gasteiger partial charge in [-0.3, -0.25) is 9.59 Å². The Morgan fingerprint density at radius 3 is 2.87 bits per heavy atom. The fraction of sp³-hybridized carbons (Fsp3) is 0.143. The van der Waals surface area contributed by atoms with Crippen LogP contribution in [0.2, 0.25) is 0 Å². The van der Waals surface area contributed by atoms with Crippen molar-refractivity contribution in [2.24, 2.45) is 0 Å². The maximum atomic E-state index is 11.9. The molecule has 9 heteroatoms. The number of pyridine rings is 1. The lowest BCUT2D eigenvalue weighted by atomic mass is 10.3. The summed E-state index contributed by atoms with van der Waals surface area (Å²) in [6.07, 6.45) is 2.99. The predicted octanol–water partition coefficient (Wildman–Crippen LogP) is 0.562. The van der Waals surface area contributed by atoms with Crippen LogP contribution in [0.25, 0.3) is 5.65 Å². The minimum atomic E-state index is -0.288. The van der Waals surface area contributed by atoms with Gasteiger partial charge in [-0.25, -0.2) is 4.98 Å². The van der Waals surface area contributed by atoms with Crippen LogP contribution in [0, 0.1) is 0 Å². The summed E-state index contributed by atoms with van der Waals surface area (Å²) in [7, 11) is 3.27. The van der Waals surface area contributed by atoms with E-state index >= 15 is 0 Å². The summed E-state index contributed by atoms with van der Waals surface area (Å²) in [5.41, 5.74) is 0.813. The van der Waals surface area contributed by atoms with Crippen LogP contribution in [0.1, 0.15) is 10.4 Å². The SMILES string of the molecule is CNC(=O)c1cnn2c(NC)cc(Nc3ccc[nH]c3=O)nc12. The highest BCUT2D eigenvalue weighted by atomic mass is 16.1. The van der Waals surface area contributed by atoms with Crippen LogP contribution in [0.15, 0.2) is 35.4 Å². The Hall–Kier alpha value is -3.36. The number of nitrogens with one attached hydrogen (secondary N) is 4. The summed E-state index contributed by atoms with van der Waals surface area (Å²) in [6, 6.07) is 5.04. The number of carbonyl (C=O) groups is 1. The molecule has 3 aromatic rings. The van der Waals surface area contributed by atoms with Crippen LogP contribution in [0.3, 0.4) is 0 Å². The Kier molecular flexibility index (Phi) is 3.67. The topological polar surface area (TPSA) is 116 Å². The van der Waals surface area contributed by atoms with Crippen LogP contribution in [-0.4, -0.2) is 39.6 Å². The standard InChI is InChI=1S/C14H15N7O2/c1-15-11-6-10(19-9-4-3-5-17-14(9)23)20-12-8(13(22)16-2)7-18-21(11)12/h3-7,15H,1-2H3,(H,16,22)(H,17,23)(H,19,20). The summed E-state index contributed by atoms with van der Waals surface area (Å²) < 4.78 is 1.52. The molecule has 0 saturated carbocycles. The van der Waals surface area contributed by atoms with Gasteiger partial charge in [0.25, 0.3) is 11.5 Å². The van der Waals surface area contributed by atoms with Gasteiger partial charge in [0.1, 0.15) is 22.9 Å². The molecule has 23 heavy (non-hydrogen) atoms. The number of hydrogen-bond donors (Lipinski definition) is 4. The van der Waals surface area contributed by atoms with Crippen molar-refractivity contribution in [1.29, 1.82) is 0 Å². The molecule has 0 radical (unpaired) electrons. The van der Waals surface area contributed by atoms with Gasteiger partial charge in [-0.05, 0) is 12.1 Å². The molecule has 0 unspecified atom stereocenters. The summed E-state index contributed by atoms with van der Waals surface area (Å²) in [6.45, 7) is 0. The molecule has 0 aliphatic heterocycles. The lowest BCUT2D eigenvalue weighted by molar-refractivity contribution is 0.0964. The smallest absolute Gasteiger partial charge is 0.271 e. The van der Waals surface area contributed by atoms with Crippen LogP contribution in [0.4, 0.5) is 17.3 Å². The number of nitrogens with zero attached hydrogens (tertiary/aromatic N) is 3. The van der Waals surface area contributed by atoms with Gasteiger partial charge < -0.3 is 20.9 Å². The molecule has 0 atom stereocenters. The summed E-state index contributed by atoms with van der Waals surface area (Å²) in [4.78, 5) is 30.6. The van der Waals surface area contributed by atoms with Gasteiger partial charge in [-0.1, -0.05) is 0 Å². The number of H-pyrrole nitrogens is 1. The van der Waals surface area contributed by atoms with Crippen molar-refractivity contribution in [3.8, 4) is 0 Å². The molecule has 4 N–H and O–H groups in total. The Morgan fingerprint density at radius 2 is 2.17 bits per heavy atom. The molecule has 0 saturated heterocycles. The Balaban J connectivity index is 2.12. The van der Waals surface area contributed by atoms with Gasteiger partial charge in [0.2, 0.25) is 0 Å². The Morgan fingerprint density at radius 1 is 1.35 bits per heavy atom. The molecule has 9 nitrogen and oxygen atoms in total. The first-order valence-electron chi connectivity index (χ1n) is 6.87. The van der Waals surface area contributed by atoms with E-state index in [9.17, 15) is 9.59 Å². The average molecular weight is 313 g/mol. The Bertz CT molecular complexity index is 928. The van der Waals surface area contributed by atoms with E-state index in [4.69, 9.17) is 0 Å². The second kappa shape index (κ2) is 5.79. The number of fused-ring (bicyclic) bond motifs is 1. The van der Waals surface area contributed by atoms with Crippen LogP contribution in [-0.2, 0) is 0 Å². The number of carbonyl (C=O) groups excluding carboxylic acids is 1.